The van der Waals surface area contributed by atoms with Crippen LogP contribution in [0.2, 0.25) is 0 Å². The van der Waals surface area contributed by atoms with E-state index in [1.165, 1.54) is 4.57 Å². The quantitative estimate of drug-likeness (QED) is 0.136. The van der Waals surface area contributed by atoms with E-state index in [0.717, 1.165) is 11.1 Å². The standard InChI is InChI=1S/C17H21N4O9P.2Na/c1-7-3-9-10(4-8(7)2)21(15-13(18-9)16(25)20-17(26)19-15)5-11(22)14(24)12(23)6-30-31(27,28)29;;/h3-4,11-12,14,22-24H,5-6H2,1-2H3,(H,20,25,26)(H2,27,28,29);;/q;2*+1/p-2/t11-,12+,14-;;/m1../s1. The van der Waals surface area contributed by atoms with E-state index >= 15 is 0 Å². The molecule has 0 aliphatic carbocycles. The Morgan fingerprint density at radius 2 is 1.70 bits per heavy atom. The molecule has 13 nitrogen and oxygen atoms in total. The molecule has 0 spiro atoms. The minimum atomic E-state index is -5.39. The van der Waals surface area contributed by atoms with Crippen molar-refractivity contribution in [3.63, 3.8) is 0 Å². The third-order valence-electron chi connectivity index (χ3n) is 4.79. The fraction of sp³-hybridized carbons (Fsp3) is 0.412. The Labute approximate surface area is 231 Å². The van der Waals surface area contributed by atoms with E-state index in [4.69, 9.17) is 0 Å². The first kappa shape index (κ1) is 30.5. The molecule has 16 heteroatoms. The molecule has 0 saturated heterocycles. The summed E-state index contributed by atoms with van der Waals surface area (Å²) in [6.45, 7) is 2.11. The van der Waals surface area contributed by atoms with Crippen molar-refractivity contribution >= 4 is 18.9 Å². The Hall–Kier alpha value is -0.510. The van der Waals surface area contributed by atoms with Crippen molar-refractivity contribution in [2.75, 3.05) is 6.61 Å². The zero-order valence-corrected chi connectivity index (χ0v) is 23.3. The third kappa shape index (κ3) is 7.24. The van der Waals surface area contributed by atoms with Gasteiger partial charge < -0.3 is 38.8 Å². The summed E-state index contributed by atoms with van der Waals surface area (Å²) < 4.78 is 15.8. The van der Waals surface area contributed by atoms with E-state index < -0.39 is 50.5 Å². The summed E-state index contributed by atoms with van der Waals surface area (Å²) in [5, 5.41) is 30.4. The summed E-state index contributed by atoms with van der Waals surface area (Å²) >= 11 is 0. The van der Waals surface area contributed by atoms with E-state index in [2.05, 4.69) is 14.5 Å². The molecule has 0 fully saturated rings. The van der Waals surface area contributed by atoms with Crippen molar-refractivity contribution in [2.45, 2.75) is 38.7 Å². The number of hydrogen-bond donors (Lipinski definition) is 4. The summed E-state index contributed by atoms with van der Waals surface area (Å²) in [4.78, 5) is 55.1. The maximum absolute atomic E-state index is 12.2. The number of aryl methyl sites for hydroxylation is 2. The molecule has 0 bridgehead atoms. The number of nitrogens with zero attached hydrogens (tertiary/aromatic N) is 3. The van der Waals surface area contributed by atoms with Gasteiger partial charge in [-0.2, -0.15) is 4.98 Å². The van der Waals surface area contributed by atoms with Crippen molar-refractivity contribution < 1.29 is 93.3 Å². The molecule has 2 aliphatic heterocycles. The SMILES string of the molecule is Cc1cc2nc3c(=O)[nH]c(=O)nc-3n(C[C@@H](O)[C@@H](O)[C@@H](O)COP(=O)([O-])[O-])c2cc1C.[Na+].[Na+]. The second-order valence-corrected chi connectivity index (χ2v) is 8.21. The third-order valence-corrected chi connectivity index (χ3v) is 5.25. The van der Waals surface area contributed by atoms with Crippen molar-refractivity contribution in [1.29, 1.82) is 0 Å². The van der Waals surface area contributed by atoms with Gasteiger partial charge in [0.25, 0.3) is 5.56 Å². The Morgan fingerprint density at radius 1 is 1.09 bits per heavy atom. The Morgan fingerprint density at radius 3 is 2.30 bits per heavy atom. The average Bonchev–Trinajstić information content (AvgIpc) is 2.67. The van der Waals surface area contributed by atoms with Crippen LogP contribution in [0.25, 0.3) is 22.6 Å². The molecule has 0 unspecified atom stereocenters. The molecule has 1 aromatic carbocycles. The van der Waals surface area contributed by atoms with Crippen LogP contribution in [-0.2, 0) is 15.6 Å². The summed E-state index contributed by atoms with van der Waals surface area (Å²) in [7, 11) is -5.39. The number of aliphatic hydroxyl groups excluding tert-OH is 3. The minimum Gasteiger partial charge on any atom is -0.790 e. The number of hydrogen-bond acceptors (Lipinski definition) is 11. The maximum atomic E-state index is 12.2. The molecular weight excluding hydrogens is 481 g/mol. The molecule has 2 heterocycles. The molecule has 4 N–H and O–H groups in total. The Balaban J connectivity index is 0.00000272. The van der Waals surface area contributed by atoms with E-state index in [0.29, 0.717) is 11.0 Å². The number of benzene rings is 1. The molecule has 33 heavy (non-hydrogen) atoms. The second kappa shape index (κ2) is 12.0. The molecule has 168 valence electrons. The summed E-state index contributed by atoms with van der Waals surface area (Å²) in [6, 6.07) is 3.38. The van der Waals surface area contributed by atoms with Gasteiger partial charge >= 0.3 is 64.8 Å². The van der Waals surface area contributed by atoms with Crippen LogP contribution in [0.4, 0.5) is 0 Å². The first-order chi connectivity index (χ1) is 14.4. The van der Waals surface area contributed by atoms with E-state index in [9.17, 15) is 39.3 Å². The Bertz CT molecular complexity index is 1260. The zero-order valence-electron chi connectivity index (χ0n) is 18.4. The molecule has 0 amide bonds. The van der Waals surface area contributed by atoms with Gasteiger partial charge in [0.15, 0.2) is 11.5 Å². The van der Waals surface area contributed by atoms with Crippen LogP contribution in [0.1, 0.15) is 11.1 Å². The number of aliphatic hydroxyl groups is 3. The van der Waals surface area contributed by atoms with Crippen LogP contribution in [0, 0.1) is 13.8 Å². The first-order valence-electron chi connectivity index (χ1n) is 9.00. The van der Waals surface area contributed by atoms with Gasteiger partial charge in [-0.15, -0.1) is 0 Å². The number of aromatic nitrogens is 4. The molecule has 3 atom stereocenters. The molecule has 3 rings (SSSR count). The van der Waals surface area contributed by atoms with Crippen molar-refractivity contribution in [2.24, 2.45) is 0 Å². The largest absolute Gasteiger partial charge is 1.00 e. The van der Waals surface area contributed by atoms with Gasteiger partial charge in [0, 0.05) is 0 Å². The predicted octanol–water partition coefficient (Wildman–Crippen LogP) is -8.86. The van der Waals surface area contributed by atoms with Crippen molar-refractivity contribution in [3.05, 3.63) is 44.1 Å². The topological polar surface area (TPSA) is 214 Å². The second-order valence-electron chi connectivity index (χ2n) is 7.06. The molecule has 2 aliphatic rings. The molecule has 0 saturated carbocycles. The molecular formula is C17H19N4Na2O9P. The van der Waals surface area contributed by atoms with Crippen LogP contribution in [0.15, 0.2) is 21.7 Å². The number of aromatic amines is 1. The van der Waals surface area contributed by atoms with Crippen LogP contribution in [0.5, 0.6) is 0 Å². The predicted molar refractivity (Wildman–Crippen MR) is 102 cm³/mol. The van der Waals surface area contributed by atoms with Gasteiger partial charge in [0.2, 0.25) is 0 Å². The molecule has 1 aromatic rings. The monoisotopic (exact) mass is 500 g/mol. The molecule has 0 aromatic heterocycles. The Kier molecular flexibility index (Phi) is 11.1. The van der Waals surface area contributed by atoms with Gasteiger partial charge in [0.05, 0.1) is 32.0 Å². The van der Waals surface area contributed by atoms with Gasteiger partial charge in [0.1, 0.15) is 18.3 Å². The van der Waals surface area contributed by atoms with Crippen LogP contribution >= 0.6 is 7.82 Å². The van der Waals surface area contributed by atoms with Gasteiger partial charge in [-0.1, -0.05) is 0 Å². The van der Waals surface area contributed by atoms with Gasteiger partial charge in [-0.25, -0.2) is 9.78 Å². The zero-order chi connectivity index (χ0) is 23.1. The number of phosphoric acid groups is 1. The number of nitrogens with one attached hydrogen (secondary N) is 1. The maximum Gasteiger partial charge on any atom is 1.00 e. The van der Waals surface area contributed by atoms with E-state index in [-0.39, 0.29) is 70.6 Å². The van der Waals surface area contributed by atoms with Crippen LogP contribution < -0.4 is 80.2 Å². The van der Waals surface area contributed by atoms with Crippen LogP contribution in [-0.4, -0.2) is 59.8 Å². The van der Waals surface area contributed by atoms with Gasteiger partial charge in [-0.3, -0.25) is 9.78 Å². The number of H-pyrrole nitrogens is 1. The average molecular weight is 500 g/mol. The van der Waals surface area contributed by atoms with Crippen molar-refractivity contribution in [3.8, 4) is 11.5 Å². The summed E-state index contributed by atoms with van der Waals surface area (Å²) in [5.41, 5.74) is 0.512. The number of rotatable bonds is 7. The number of phosphoric ester groups is 1. The summed E-state index contributed by atoms with van der Waals surface area (Å²) in [6.07, 6.45) is -5.58. The normalized spacial score (nSPS) is 14.4. The summed E-state index contributed by atoms with van der Waals surface area (Å²) in [5.74, 6) is -0.162. The molecule has 0 radical (unpaired) electrons. The smallest absolute Gasteiger partial charge is 0.790 e. The number of fused-ring (bicyclic) bond motifs is 2. The fourth-order valence-corrected chi connectivity index (χ4v) is 3.39. The van der Waals surface area contributed by atoms with Gasteiger partial charge in [-0.05, 0) is 37.1 Å². The van der Waals surface area contributed by atoms with Crippen LogP contribution in [0.3, 0.4) is 0 Å². The fourth-order valence-electron chi connectivity index (χ4n) is 3.05. The van der Waals surface area contributed by atoms with E-state index in [1.54, 1.807) is 12.1 Å². The van der Waals surface area contributed by atoms with E-state index in [1.807, 2.05) is 18.8 Å². The minimum absolute atomic E-state index is 0. The first-order valence-corrected chi connectivity index (χ1v) is 10.5. The van der Waals surface area contributed by atoms with Crippen molar-refractivity contribution in [1.82, 2.24) is 19.5 Å².